The summed E-state index contributed by atoms with van der Waals surface area (Å²) in [6.07, 6.45) is 0. The number of hydrogen-bond acceptors (Lipinski definition) is 7. The smallest absolute Gasteiger partial charge is 0.264 e. The molecule has 1 saturated heterocycles. The van der Waals surface area contributed by atoms with Crippen LogP contribution in [0.2, 0.25) is 0 Å². The van der Waals surface area contributed by atoms with Gasteiger partial charge in [0.2, 0.25) is 10.0 Å². The average Bonchev–Trinajstić information content (AvgIpc) is 3.38. The molecular weight excluding hydrogens is 459 g/mol. The lowest BCUT2D eigenvalue weighted by Crippen LogP contribution is -2.50. The number of thiophene rings is 1. The third-order valence-corrected chi connectivity index (χ3v) is 9.22. The van der Waals surface area contributed by atoms with Crippen molar-refractivity contribution in [3.63, 3.8) is 0 Å². The number of fused-ring (bicyclic) bond motifs is 2. The van der Waals surface area contributed by atoms with Gasteiger partial charge < -0.3 is 4.90 Å². The Hall–Kier alpha value is -2.47. The molecule has 11 heteroatoms. The van der Waals surface area contributed by atoms with Gasteiger partial charge in [-0.05, 0) is 48.2 Å². The van der Waals surface area contributed by atoms with Crippen molar-refractivity contribution in [2.45, 2.75) is 11.8 Å². The molecular formula is C20H17FN4O3S3. The quantitative estimate of drug-likeness (QED) is 0.452. The summed E-state index contributed by atoms with van der Waals surface area (Å²) in [5.74, 6) is -0.487. The number of aryl methyl sites for hydroxylation is 1. The highest BCUT2D eigenvalue weighted by Crippen LogP contribution is 2.33. The fraction of sp³-hybridized carbons (Fsp3) is 0.250. The summed E-state index contributed by atoms with van der Waals surface area (Å²) in [7, 11) is -3.75. The van der Waals surface area contributed by atoms with Crippen LogP contribution in [0.4, 0.5) is 4.39 Å². The summed E-state index contributed by atoms with van der Waals surface area (Å²) in [6, 6.07) is 9.43. The lowest BCUT2D eigenvalue weighted by Gasteiger charge is -2.34. The normalized spacial score (nSPS) is 15.7. The summed E-state index contributed by atoms with van der Waals surface area (Å²) in [4.78, 5) is 15.5. The molecule has 0 radical (unpaired) electrons. The molecule has 160 valence electrons. The number of sulfonamides is 1. The van der Waals surface area contributed by atoms with Crippen LogP contribution in [0, 0.1) is 12.7 Å². The maximum atomic E-state index is 13.6. The Bertz CT molecular complexity index is 1420. The van der Waals surface area contributed by atoms with Crippen molar-refractivity contribution in [3.8, 4) is 0 Å². The van der Waals surface area contributed by atoms with Gasteiger partial charge in [0, 0.05) is 30.9 Å². The van der Waals surface area contributed by atoms with Gasteiger partial charge in [0.1, 0.15) is 21.7 Å². The molecule has 2 aromatic heterocycles. The summed E-state index contributed by atoms with van der Waals surface area (Å²) < 4.78 is 50.4. The number of nitrogens with zero attached hydrogens (tertiary/aromatic N) is 4. The topological polar surface area (TPSA) is 83.5 Å². The van der Waals surface area contributed by atoms with Gasteiger partial charge in [-0.2, -0.15) is 13.1 Å². The van der Waals surface area contributed by atoms with Crippen molar-refractivity contribution in [1.29, 1.82) is 0 Å². The van der Waals surface area contributed by atoms with E-state index in [-0.39, 0.29) is 42.8 Å². The Morgan fingerprint density at radius 2 is 1.87 bits per heavy atom. The van der Waals surface area contributed by atoms with Crippen molar-refractivity contribution < 1.29 is 17.6 Å². The van der Waals surface area contributed by atoms with Gasteiger partial charge in [-0.15, -0.1) is 11.3 Å². The van der Waals surface area contributed by atoms with E-state index in [1.165, 1.54) is 33.8 Å². The number of halogens is 1. The Labute approximate surface area is 186 Å². The van der Waals surface area contributed by atoms with Crippen molar-refractivity contribution in [2.75, 3.05) is 26.2 Å². The molecule has 7 nitrogen and oxygen atoms in total. The van der Waals surface area contributed by atoms with Crippen molar-refractivity contribution in [2.24, 2.45) is 0 Å². The zero-order valence-corrected chi connectivity index (χ0v) is 18.9. The first-order chi connectivity index (χ1) is 14.9. The van der Waals surface area contributed by atoms with Crippen LogP contribution in [0.5, 0.6) is 0 Å². The third kappa shape index (κ3) is 3.41. The van der Waals surface area contributed by atoms with Crippen molar-refractivity contribution >= 4 is 60.1 Å². The SMILES string of the molecule is Cc1c(C(=O)N2CCN(S(=O)(=O)c3cccc4nsnc34)CC2)sc2ccc(F)cc12. The van der Waals surface area contributed by atoms with E-state index in [2.05, 4.69) is 8.75 Å². The number of amides is 1. The van der Waals surface area contributed by atoms with Gasteiger partial charge in [0.25, 0.3) is 5.91 Å². The van der Waals surface area contributed by atoms with E-state index >= 15 is 0 Å². The standard InChI is InChI=1S/C20H17FN4O3S3/c1-12-14-11-13(21)5-6-16(14)29-19(12)20(26)24-7-9-25(10-8-24)31(27,28)17-4-2-3-15-18(17)23-30-22-15/h2-6,11H,7-10H2,1H3. The number of carbonyl (C=O) groups excluding carboxylic acids is 1. The van der Waals surface area contributed by atoms with Crippen LogP contribution in [-0.4, -0.2) is 58.5 Å². The van der Waals surface area contributed by atoms with Gasteiger partial charge in [-0.25, -0.2) is 12.8 Å². The molecule has 3 heterocycles. The van der Waals surface area contributed by atoms with Crippen molar-refractivity contribution in [1.82, 2.24) is 18.0 Å². The molecule has 0 saturated carbocycles. The molecule has 5 rings (SSSR count). The Morgan fingerprint density at radius 1 is 1.10 bits per heavy atom. The molecule has 0 atom stereocenters. The van der Waals surface area contributed by atoms with Gasteiger partial charge in [0.05, 0.1) is 16.6 Å². The second-order valence-corrected chi connectivity index (χ2v) is 10.8. The van der Waals surface area contributed by atoms with Crippen LogP contribution >= 0.6 is 23.1 Å². The molecule has 0 aliphatic carbocycles. The Kier molecular flexibility index (Phi) is 5.00. The van der Waals surface area contributed by atoms with Crippen LogP contribution in [0.15, 0.2) is 41.3 Å². The number of aromatic nitrogens is 2. The summed E-state index contributed by atoms with van der Waals surface area (Å²) >= 11 is 2.31. The molecule has 4 aromatic rings. The van der Waals surface area contributed by atoms with Gasteiger partial charge >= 0.3 is 0 Å². The highest BCUT2D eigenvalue weighted by molar-refractivity contribution is 7.89. The predicted molar refractivity (Wildman–Crippen MR) is 119 cm³/mol. The lowest BCUT2D eigenvalue weighted by atomic mass is 10.1. The van der Waals surface area contributed by atoms with E-state index in [0.29, 0.717) is 15.9 Å². The number of piperazine rings is 1. The van der Waals surface area contributed by atoms with E-state index in [1.807, 2.05) is 6.92 Å². The second kappa shape index (κ2) is 7.59. The molecule has 1 fully saturated rings. The summed E-state index contributed by atoms with van der Waals surface area (Å²) in [6.45, 7) is 2.77. The minimum atomic E-state index is -3.75. The first-order valence-electron chi connectivity index (χ1n) is 9.55. The first kappa shape index (κ1) is 20.4. The highest BCUT2D eigenvalue weighted by Gasteiger charge is 2.33. The molecule has 2 aromatic carbocycles. The van der Waals surface area contributed by atoms with Gasteiger partial charge in [-0.1, -0.05) is 6.07 Å². The summed E-state index contributed by atoms with van der Waals surface area (Å²) in [5, 5.41) is 0.736. The van der Waals surface area contributed by atoms with Crippen LogP contribution < -0.4 is 0 Å². The Morgan fingerprint density at radius 3 is 2.65 bits per heavy atom. The minimum absolute atomic E-state index is 0.140. The van der Waals surface area contributed by atoms with Crippen LogP contribution in [0.25, 0.3) is 21.1 Å². The average molecular weight is 477 g/mol. The maximum absolute atomic E-state index is 13.6. The first-order valence-corrected chi connectivity index (χ1v) is 12.5. The molecule has 1 amide bonds. The number of rotatable bonds is 3. The monoisotopic (exact) mass is 476 g/mol. The largest absolute Gasteiger partial charge is 0.335 e. The third-order valence-electron chi connectivity index (χ3n) is 5.49. The second-order valence-electron chi connectivity index (χ2n) is 7.28. The number of benzene rings is 2. The van der Waals surface area contributed by atoms with E-state index < -0.39 is 10.0 Å². The van der Waals surface area contributed by atoms with E-state index in [1.54, 1.807) is 23.1 Å². The molecule has 0 unspecified atom stereocenters. The molecule has 0 N–H and O–H groups in total. The number of carbonyl (C=O) groups is 1. The fourth-order valence-corrected chi connectivity index (χ4v) is 7.13. The van der Waals surface area contributed by atoms with E-state index in [0.717, 1.165) is 27.4 Å². The lowest BCUT2D eigenvalue weighted by molar-refractivity contribution is 0.0702. The van der Waals surface area contributed by atoms with Gasteiger partial charge in [0.15, 0.2) is 0 Å². The predicted octanol–water partition coefficient (Wildman–Crippen LogP) is 3.50. The number of hydrogen-bond donors (Lipinski definition) is 0. The molecule has 1 aliphatic rings. The molecule has 0 bridgehead atoms. The highest BCUT2D eigenvalue weighted by atomic mass is 32.2. The molecule has 31 heavy (non-hydrogen) atoms. The van der Waals surface area contributed by atoms with E-state index in [4.69, 9.17) is 0 Å². The summed E-state index contributed by atoms with van der Waals surface area (Å²) in [5.41, 5.74) is 1.68. The van der Waals surface area contributed by atoms with E-state index in [9.17, 15) is 17.6 Å². The fourth-order valence-electron chi connectivity index (χ4n) is 3.80. The molecule has 1 aliphatic heterocycles. The maximum Gasteiger partial charge on any atom is 0.264 e. The van der Waals surface area contributed by atoms with Crippen LogP contribution in [-0.2, 0) is 10.0 Å². The zero-order chi connectivity index (χ0) is 21.8. The van der Waals surface area contributed by atoms with Crippen LogP contribution in [0.3, 0.4) is 0 Å². The minimum Gasteiger partial charge on any atom is -0.335 e. The zero-order valence-electron chi connectivity index (χ0n) is 16.4. The van der Waals surface area contributed by atoms with Crippen molar-refractivity contribution in [3.05, 3.63) is 52.7 Å². The van der Waals surface area contributed by atoms with Crippen LogP contribution in [0.1, 0.15) is 15.2 Å². The Balaban J connectivity index is 1.36. The van der Waals surface area contributed by atoms with Gasteiger partial charge in [-0.3, -0.25) is 4.79 Å². The molecule has 0 spiro atoms.